The lowest BCUT2D eigenvalue weighted by Gasteiger charge is -2.34. The monoisotopic (exact) mass is 352 g/mol. The van der Waals surface area contributed by atoms with Gasteiger partial charge in [0.1, 0.15) is 0 Å². The van der Waals surface area contributed by atoms with E-state index in [-0.39, 0.29) is 17.4 Å². The second kappa shape index (κ2) is 6.72. The molecule has 7 heteroatoms. The van der Waals surface area contributed by atoms with Gasteiger partial charge in [-0.15, -0.1) is 0 Å². The van der Waals surface area contributed by atoms with Crippen molar-refractivity contribution >= 4 is 21.4 Å². The molecule has 0 saturated carbocycles. The van der Waals surface area contributed by atoms with Crippen molar-refractivity contribution in [2.24, 2.45) is 0 Å². The minimum Gasteiger partial charge on any atom is -0.360 e. The quantitative estimate of drug-likeness (QED) is 0.736. The van der Waals surface area contributed by atoms with Gasteiger partial charge >= 0.3 is 0 Å². The van der Waals surface area contributed by atoms with Crippen LogP contribution in [0.1, 0.15) is 13.3 Å². The SMILES string of the molecule is C[C@]1(NC(=O)C[NH+]2CCN(c3ccccc3)CC2)CCS(=O)(=O)C1. The average molecular weight is 352 g/mol. The molecule has 0 unspecified atom stereocenters. The molecule has 2 N–H and O–H groups in total. The zero-order valence-electron chi connectivity index (χ0n) is 14.1. The summed E-state index contributed by atoms with van der Waals surface area (Å²) in [5.41, 5.74) is 0.631. The van der Waals surface area contributed by atoms with Crippen molar-refractivity contribution in [1.82, 2.24) is 5.32 Å². The van der Waals surface area contributed by atoms with Gasteiger partial charge in [-0.25, -0.2) is 8.42 Å². The highest BCUT2D eigenvalue weighted by Crippen LogP contribution is 2.22. The van der Waals surface area contributed by atoms with Crippen LogP contribution in [0, 0.1) is 0 Å². The first-order chi connectivity index (χ1) is 11.4. The summed E-state index contributed by atoms with van der Waals surface area (Å²) in [6.45, 7) is 5.93. The molecule has 0 spiro atoms. The van der Waals surface area contributed by atoms with Crippen molar-refractivity contribution in [3.8, 4) is 0 Å². The summed E-state index contributed by atoms with van der Waals surface area (Å²) in [7, 11) is -3.00. The second-order valence-electron chi connectivity index (χ2n) is 7.20. The van der Waals surface area contributed by atoms with Gasteiger partial charge in [0, 0.05) is 5.69 Å². The fourth-order valence-corrected chi connectivity index (χ4v) is 5.71. The summed E-state index contributed by atoms with van der Waals surface area (Å²) in [5, 5.41) is 2.95. The standard InChI is InChI=1S/C17H25N3O3S/c1-17(7-12-24(22,23)14-17)18-16(21)13-19-8-10-20(11-9-19)15-5-3-2-4-6-15/h2-6H,7-14H2,1H3,(H,18,21)/p+1/t17-/m0/s1. The van der Waals surface area contributed by atoms with Crippen LogP contribution in [0.4, 0.5) is 5.69 Å². The van der Waals surface area contributed by atoms with Crippen LogP contribution in [0.15, 0.2) is 30.3 Å². The number of nitrogens with zero attached hydrogens (tertiary/aromatic N) is 1. The first-order valence-corrected chi connectivity index (χ1v) is 10.3. The van der Waals surface area contributed by atoms with Gasteiger partial charge in [-0.2, -0.15) is 0 Å². The Morgan fingerprint density at radius 1 is 1.25 bits per heavy atom. The smallest absolute Gasteiger partial charge is 0.275 e. The van der Waals surface area contributed by atoms with E-state index in [0.717, 1.165) is 26.2 Å². The molecule has 2 saturated heterocycles. The molecule has 0 radical (unpaired) electrons. The third-order valence-corrected chi connectivity index (χ3v) is 6.85. The van der Waals surface area contributed by atoms with Gasteiger partial charge < -0.3 is 15.1 Å². The fraction of sp³-hybridized carbons (Fsp3) is 0.588. The van der Waals surface area contributed by atoms with Gasteiger partial charge in [-0.05, 0) is 25.5 Å². The molecule has 1 aromatic carbocycles. The number of nitrogens with one attached hydrogen (secondary N) is 2. The Morgan fingerprint density at radius 3 is 2.50 bits per heavy atom. The minimum absolute atomic E-state index is 0.0437. The van der Waals surface area contributed by atoms with Gasteiger partial charge in [0.25, 0.3) is 5.91 Å². The Bertz CT molecular complexity index is 684. The van der Waals surface area contributed by atoms with E-state index in [1.165, 1.54) is 10.6 Å². The minimum atomic E-state index is -3.00. The summed E-state index contributed by atoms with van der Waals surface area (Å²) >= 11 is 0. The molecular formula is C17H26N3O3S+. The van der Waals surface area contributed by atoms with Crippen LogP contribution in [0.25, 0.3) is 0 Å². The van der Waals surface area contributed by atoms with Crippen LogP contribution in [-0.4, -0.2) is 64.1 Å². The molecule has 6 nitrogen and oxygen atoms in total. The molecule has 132 valence electrons. The van der Waals surface area contributed by atoms with Crippen LogP contribution >= 0.6 is 0 Å². The van der Waals surface area contributed by atoms with Gasteiger partial charge in [0.2, 0.25) is 0 Å². The Labute approximate surface area is 143 Å². The first kappa shape index (κ1) is 17.2. The number of piperazine rings is 1. The van der Waals surface area contributed by atoms with Crippen LogP contribution in [0.3, 0.4) is 0 Å². The third-order valence-electron chi connectivity index (χ3n) is 4.95. The zero-order chi connectivity index (χ0) is 17.2. The average Bonchev–Trinajstić information content (AvgIpc) is 2.82. The van der Waals surface area contributed by atoms with Crippen LogP contribution < -0.4 is 15.1 Å². The number of quaternary nitrogens is 1. The lowest BCUT2D eigenvalue weighted by atomic mass is 10.0. The van der Waals surface area contributed by atoms with Crippen molar-refractivity contribution in [3.05, 3.63) is 30.3 Å². The molecule has 2 fully saturated rings. The first-order valence-electron chi connectivity index (χ1n) is 8.50. The lowest BCUT2D eigenvalue weighted by molar-refractivity contribution is -0.892. The van der Waals surface area contributed by atoms with E-state index in [9.17, 15) is 13.2 Å². The molecule has 0 aliphatic carbocycles. The summed E-state index contributed by atoms with van der Waals surface area (Å²) in [4.78, 5) is 15.9. The van der Waals surface area contributed by atoms with E-state index in [0.29, 0.717) is 13.0 Å². The molecular weight excluding hydrogens is 326 g/mol. The van der Waals surface area contributed by atoms with Crippen LogP contribution in [0.2, 0.25) is 0 Å². The number of anilines is 1. The Hall–Kier alpha value is -1.60. The third kappa shape index (κ3) is 4.27. The molecule has 1 amide bonds. The molecule has 0 bridgehead atoms. The Kier molecular flexibility index (Phi) is 4.83. The maximum atomic E-state index is 12.3. The van der Waals surface area contributed by atoms with Gasteiger partial charge in [-0.1, -0.05) is 18.2 Å². The second-order valence-corrected chi connectivity index (χ2v) is 9.38. The molecule has 2 heterocycles. The number of hydrogen-bond donors (Lipinski definition) is 2. The molecule has 2 aliphatic rings. The van der Waals surface area contributed by atoms with E-state index in [2.05, 4.69) is 22.3 Å². The highest BCUT2D eigenvalue weighted by molar-refractivity contribution is 7.91. The van der Waals surface area contributed by atoms with Gasteiger partial charge in [0.15, 0.2) is 16.4 Å². The molecule has 1 aromatic rings. The lowest BCUT2D eigenvalue weighted by Crippen LogP contribution is -3.16. The van der Waals surface area contributed by atoms with Crippen molar-refractivity contribution < 1.29 is 18.1 Å². The zero-order valence-corrected chi connectivity index (χ0v) is 14.9. The summed E-state index contributed by atoms with van der Waals surface area (Å²) in [5.74, 6) is 0.188. The summed E-state index contributed by atoms with van der Waals surface area (Å²) < 4.78 is 23.3. The fourth-order valence-electron chi connectivity index (χ4n) is 3.61. The number of sulfone groups is 1. The topological polar surface area (TPSA) is 70.9 Å². The van der Waals surface area contributed by atoms with E-state index >= 15 is 0 Å². The number of hydrogen-bond acceptors (Lipinski definition) is 4. The number of benzene rings is 1. The van der Waals surface area contributed by atoms with Crippen molar-refractivity contribution in [1.29, 1.82) is 0 Å². The Morgan fingerprint density at radius 2 is 1.92 bits per heavy atom. The van der Waals surface area contributed by atoms with E-state index in [1.54, 1.807) is 0 Å². The molecule has 24 heavy (non-hydrogen) atoms. The number of rotatable bonds is 4. The van der Waals surface area contributed by atoms with E-state index in [4.69, 9.17) is 0 Å². The van der Waals surface area contributed by atoms with Crippen molar-refractivity contribution in [3.63, 3.8) is 0 Å². The largest absolute Gasteiger partial charge is 0.360 e. The van der Waals surface area contributed by atoms with Gasteiger partial charge in [0.05, 0.1) is 43.2 Å². The number of amides is 1. The van der Waals surface area contributed by atoms with E-state index < -0.39 is 15.4 Å². The van der Waals surface area contributed by atoms with E-state index in [1.807, 2.05) is 25.1 Å². The Balaban J connectivity index is 1.47. The molecule has 0 aromatic heterocycles. The molecule has 1 atom stereocenters. The maximum Gasteiger partial charge on any atom is 0.275 e. The van der Waals surface area contributed by atoms with Crippen LogP contribution in [0.5, 0.6) is 0 Å². The molecule has 3 rings (SSSR count). The normalized spacial score (nSPS) is 27.1. The predicted molar refractivity (Wildman–Crippen MR) is 94.0 cm³/mol. The van der Waals surface area contributed by atoms with Gasteiger partial charge in [-0.3, -0.25) is 4.79 Å². The summed E-state index contributed by atoms with van der Waals surface area (Å²) in [6.07, 6.45) is 0.512. The maximum absolute atomic E-state index is 12.3. The summed E-state index contributed by atoms with van der Waals surface area (Å²) in [6, 6.07) is 10.3. The number of para-hydroxylation sites is 1. The van der Waals surface area contributed by atoms with Crippen molar-refractivity contribution in [2.75, 3.05) is 49.1 Å². The highest BCUT2D eigenvalue weighted by atomic mass is 32.2. The predicted octanol–water partition coefficient (Wildman–Crippen LogP) is -0.915. The highest BCUT2D eigenvalue weighted by Gasteiger charge is 2.40. The number of carbonyl (C=O) groups is 1. The molecule has 2 aliphatic heterocycles. The van der Waals surface area contributed by atoms with Crippen LogP contribution in [-0.2, 0) is 14.6 Å². The van der Waals surface area contributed by atoms with Crippen molar-refractivity contribution in [2.45, 2.75) is 18.9 Å². The number of carbonyl (C=O) groups excluding carboxylic acids is 1.